The van der Waals surface area contributed by atoms with E-state index in [2.05, 4.69) is 42.7 Å². The predicted molar refractivity (Wildman–Crippen MR) is 127 cm³/mol. The number of fused-ring (bicyclic) bond motifs is 5. The van der Waals surface area contributed by atoms with Crippen LogP contribution in [0.1, 0.15) is 83.1 Å². The molecule has 0 fully saturated rings. The molecule has 1 aliphatic carbocycles. The lowest BCUT2D eigenvalue weighted by atomic mass is 9.98. The van der Waals surface area contributed by atoms with E-state index < -0.39 is 6.10 Å². The largest absolute Gasteiger partial charge is 0.491 e. The van der Waals surface area contributed by atoms with Crippen LogP contribution in [0.3, 0.4) is 0 Å². The zero-order chi connectivity index (χ0) is 23.1. The van der Waals surface area contributed by atoms with E-state index in [1.807, 2.05) is 26.0 Å². The first-order valence-electron chi connectivity index (χ1n) is 12.1. The summed E-state index contributed by atoms with van der Waals surface area (Å²) in [4.78, 5) is 12.4. The molecule has 3 N–H and O–H groups in total. The highest BCUT2D eigenvalue weighted by Gasteiger charge is 2.33. The monoisotopic (exact) mass is 444 g/mol. The van der Waals surface area contributed by atoms with Gasteiger partial charge in [0.15, 0.2) is 0 Å². The lowest BCUT2D eigenvalue weighted by molar-refractivity contribution is -0.122. The number of hydrogen-bond donors (Lipinski definition) is 3. The maximum Gasteiger partial charge on any atom is 0.220 e. The van der Waals surface area contributed by atoms with Gasteiger partial charge in [0.25, 0.3) is 0 Å². The van der Waals surface area contributed by atoms with Gasteiger partial charge in [-0.15, -0.1) is 0 Å². The molecule has 1 aliphatic heterocycles. The van der Waals surface area contributed by atoms with Crippen LogP contribution in [0.4, 0.5) is 0 Å². The van der Waals surface area contributed by atoms with Crippen LogP contribution in [0.15, 0.2) is 30.4 Å². The fourth-order valence-corrected chi connectivity index (χ4v) is 4.55. The van der Waals surface area contributed by atoms with Gasteiger partial charge in [0.2, 0.25) is 5.91 Å². The summed E-state index contributed by atoms with van der Waals surface area (Å²) in [6, 6.07) is 6.02. The molecule has 1 aromatic rings. The third kappa shape index (κ3) is 7.06. The van der Waals surface area contributed by atoms with Crippen LogP contribution in [0.2, 0.25) is 0 Å². The Hall–Kier alpha value is -1.89. The van der Waals surface area contributed by atoms with Crippen molar-refractivity contribution in [2.24, 2.45) is 5.92 Å². The van der Waals surface area contributed by atoms with Crippen LogP contribution in [0.5, 0.6) is 5.75 Å². The highest BCUT2D eigenvalue weighted by atomic mass is 16.5. The molecule has 3 rings (SSSR count). The Bertz CT molecular complexity index is 777. The first kappa shape index (κ1) is 24.7. The van der Waals surface area contributed by atoms with Crippen molar-refractivity contribution in [1.29, 1.82) is 0 Å². The minimum Gasteiger partial charge on any atom is -0.491 e. The number of hydrogen-bond acceptors (Lipinski definition) is 5. The van der Waals surface area contributed by atoms with E-state index in [9.17, 15) is 9.90 Å². The van der Waals surface area contributed by atoms with Crippen molar-refractivity contribution in [3.05, 3.63) is 41.5 Å². The molecular weight excluding hydrogens is 404 g/mol. The Morgan fingerprint density at radius 1 is 1.19 bits per heavy atom. The van der Waals surface area contributed by atoms with Gasteiger partial charge in [-0.3, -0.25) is 4.79 Å². The number of rotatable bonds is 4. The van der Waals surface area contributed by atoms with Crippen molar-refractivity contribution >= 4 is 5.91 Å². The van der Waals surface area contributed by atoms with Gasteiger partial charge in [0, 0.05) is 19.0 Å². The second-order valence-corrected chi connectivity index (χ2v) is 9.71. The number of benzene rings is 1. The van der Waals surface area contributed by atoms with E-state index in [4.69, 9.17) is 9.47 Å². The lowest BCUT2D eigenvalue weighted by Crippen LogP contribution is -2.48. The third-order valence-corrected chi connectivity index (χ3v) is 6.05. The summed E-state index contributed by atoms with van der Waals surface area (Å²) in [6.07, 6.45) is 7.24. The molecule has 0 saturated carbocycles. The first-order valence-corrected chi connectivity index (χ1v) is 12.1. The number of amides is 1. The molecule has 0 radical (unpaired) electrons. The molecule has 6 heteroatoms. The summed E-state index contributed by atoms with van der Waals surface area (Å²) in [5.74, 6) is 1.24. The van der Waals surface area contributed by atoms with Crippen LogP contribution in [-0.4, -0.2) is 42.4 Å². The fourth-order valence-electron chi connectivity index (χ4n) is 4.55. The number of aliphatic hydroxyl groups is 1. The van der Waals surface area contributed by atoms with Crippen molar-refractivity contribution in [2.75, 3.05) is 13.2 Å². The van der Waals surface area contributed by atoms with Gasteiger partial charge >= 0.3 is 0 Å². The van der Waals surface area contributed by atoms with Gasteiger partial charge in [-0.25, -0.2) is 0 Å². The van der Waals surface area contributed by atoms with Crippen LogP contribution in [-0.2, 0) is 9.53 Å². The van der Waals surface area contributed by atoms with E-state index in [0.717, 1.165) is 37.0 Å². The Labute approximate surface area is 192 Å². The second kappa shape index (κ2) is 11.8. The number of β-amino-alcohol motifs (C(OH)–C–C–N with tert-alkyl or cyclic N) is 1. The first-order chi connectivity index (χ1) is 15.3. The van der Waals surface area contributed by atoms with Crippen molar-refractivity contribution in [3.63, 3.8) is 0 Å². The molecular formula is C26H40N2O4. The average Bonchev–Trinajstić information content (AvgIpc) is 3.06. The molecule has 1 amide bonds. The SMILES string of the molecule is CC(C)C[C@@H]1NC(=O)CCCC=CCO[C@@H]2C[C@H](NC[C@H]1O)c1cc(OC(C)C)ccc12. The molecule has 178 valence electrons. The minimum absolute atomic E-state index is 0.00759. The second-order valence-electron chi connectivity index (χ2n) is 9.71. The van der Waals surface area contributed by atoms with E-state index in [1.54, 1.807) is 0 Å². The number of carbonyl (C=O) groups is 1. The van der Waals surface area contributed by atoms with E-state index >= 15 is 0 Å². The van der Waals surface area contributed by atoms with Crippen LogP contribution < -0.4 is 15.4 Å². The average molecular weight is 445 g/mol. The highest BCUT2D eigenvalue weighted by Crippen LogP contribution is 2.42. The van der Waals surface area contributed by atoms with E-state index in [0.29, 0.717) is 25.5 Å². The zero-order valence-corrected chi connectivity index (χ0v) is 20.0. The minimum atomic E-state index is -0.660. The molecule has 2 aliphatic rings. The quantitative estimate of drug-likeness (QED) is 0.607. The molecule has 4 atom stereocenters. The van der Waals surface area contributed by atoms with Gasteiger partial charge in [0.05, 0.1) is 31.0 Å². The van der Waals surface area contributed by atoms with Crippen molar-refractivity contribution in [1.82, 2.24) is 10.6 Å². The lowest BCUT2D eigenvalue weighted by Gasteiger charge is -2.27. The number of nitrogens with one attached hydrogen (secondary N) is 2. The van der Waals surface area contributed by atoms with Gasteiger partial charge in [-0.2, -0.15) is 0 Å². The van der Waals surface area contributed by atoms with Crippen molar-refractivity contribution in [3.8, 4) is 5.75 Å². The van der Waals surface area contributed by atoms with Crippen molar-refractivity contribution < 1.29 is 19.4 Å². The number of aliphatic hydroxyl groups excluding tert-OH is 1. The molecule has 6 nitrogen and oxygen atoms in total. The van der Waals surface area contributed by atoms with Gasteiger partial charge in [-0.1, -0.05) is 32.1 Å². The molecule has 0 saturated heterocycles. The maximum atomic E-state index is 12.4. The van der Waals surface area contributed by atoms with Gasteiger partial charge in [-0.05, 0) is 68.7 Å². The highest BCUT2D eigenvalue weighted by molar-refractivity contribution is 5.76. The summed E-state index contributed by atoms with van der Waals surface area (Å²) in [5.41, 5.74) is 2.34. The van der Waals surface area contributed by atoms with Gasteiger partial charge < -0.3 is 25.2 Å². The third-order valence-electron chi connectivity index (χ3n) is 6.05. The Morgan fingerprint density at radius 2 is 2.00 bits per heavy atom. The van der Waals surface area contributed by atoms with E-state index in [-0.39, 0.29) is 30.2 Å². The summed E-state index contributed by atoms with van der Waals surface area (Å²) in [6.45, 7) is 9.22. The molecule has 0 spiro atoms. The Kier molecular flexibility index (Phi) is 9.14. The molecule has 1 heterocycles. The smallest absolute Gasteiger partial charge is 0.220 e. The number of allylic oxidation sites excluding steroid dienone is 1. The molecule has 0 aromatic heterocycles. The molecule has 2 bridgehead atoms. The predicted octanol–water partition coefficient (Wildman–Crippen LogP) is 4.20. The molecule has 32 heavy (non-hydrogen) atoms. The van der Waals surface area contributed by atoms with Crippen LogP contribution in [0.25, 0.3) is 0 Å². The summed E-state index contributed by atoms with van der Waals surface area (Å²) in [7, 11) is 0. The van der Waals surface area contributed by atoms with Gasteiger partial charge in [0.1, 0.15) is 5.75 Å². The molecule has 0 unspecified atom stereocenters. The number of ether oxygens (including phenoxy) is 2. The standard InChI is InChI=1S/C26H40N2O4/c1-17(2)13-23-24(29)16-27-22-15-25(31-12-8-6-5-7-9-26(30)28-23)20-11-10-19(14-21(20)22)32-18(3)4/h6,8,10-11,14,17-18,22-25,27,29H,5,7,9,12-13,15-16H2,1-4H3,(H,28,30)/t22-,23-,24+,25+/m0/s1. The number of carbonyl (C=O) groups excluding carboxylic acids is 1. The van der Waals surface area contributed by atoms with E-state index in [1.165, 1.54) is 5.56 Å². The topological polar surface area (TPSA) is 79.8 Å². The molecule has 1 aromatic carbocycles. The zero-order valence-electron chi connectivity index (χ0n) is 20.0. The van der Waals surface area contributed by atoms with Crippen LogP contribution >= 0.6 is 0 Å². The normalized spacial score (nSPS) is 27.4. The Morgan fingerprint density at radius 3 is 2.75 bits per heavy atom. The Balaban J connectivity index is 1.81. The summed E-state index contributed by atoms with van der Waals surface area (Å²) >= 11 is 0. The van der Waals surface area contributed by atoms with Crippen molar-refractivity contribution in [2.45, 2.75) is 90.2 Å². The van der Waals surface area contributed by atoms with Crippen LogP contribution in [0, 0.1) is 5.92 Å². The maximum absolute atomic E-state index is 12.4. The summed E-state index contributed by atoms with van der Waals surface area (Å²) in [5, 5.41) is 17.6. The summed E-state index contributed by atoms with van der Waals surface area (Å²) < 4.78 is 12.1. The fraction of sp³-hybridized carbons (Fsp3) is 0.654.